The van der Waals surface area contributed by atoms with Crippen molar-refractivity contribution in [3.05, 3.63) is 0 Å². The molecule has 0 spiro atoms. The fourth-order valence-electron chi connectivity index (χ4n) is 1.67. The van der Waals surface area contributed by atoms with Crippen LogP contribution in [0, 0.1) is 0 Å². The van der Waals surface area contributed by atoms with Crippen molar-refractivity contribution in [3.8, 4) is 0 Å². The van der Waals surface area contributed by atoms with E-state index in [1.165, 1.54) is 6.92 Å². The second-order valence-electron chi connectivity index (χ2n) is 5.04. The Labute approximate surface area is 112 Å². The molecule has 108 valence electrons. The van der Waals surface area contributed by atoms with Gasteiger partial charge in [0.2, 0.25) is 5.91 Å². The third-order valence-electron chi connectivity index (χ3n) is 3.03. The van der Waals surface area contributed by atoms with E-state index in [2.05, 4.69) is 16.0 Å². The average molecular weight is 271 g/mol. The quantitative estimate of drug-likeness (QED) is 0.529. The summed E-state index contributed by atoms with van der Waals surface area (Å²) in [5.74, 6) is -1.55. The summed E-state index contributed by atoms with van der Waals surface area (Å²) in [4.78, 5) is 33.9. The van der Waals surface area contributed by atoms with Crippen molar-refractivity contribution < 1.29 is 19.5 Å². The smallest absolute Gasteiger partial charge is 0.323 e. The van der Waals surface area contributed by atoms with E-state index < -0.39 is 23.4 Å². The van der Waals surface area contributed by atoms with Gasteiger partial charge in [-0.05, 0) is 26.2 Å². The lowest BCUT2D eigenvalue weighted by molar-refractivity contribution is -0.144. The van der Waals surface area contributed by atoms with Crippen LogP contribution in [0.25, 0.3) is 0 Å². The zero-order chi connectivity index (χ0) is 14.5. The van der Waals surface area contributed by atoms with Gasteiger partial charge in [0.05, 0.1) is 6.54 Å². The van der Waals surface area contributed by atoms with Crippen LogP contribution in [-0.2, 0) is 9.59 Å². The summed E-state index contributed by atoms with van der Waals surface area (Å²) < 4.78 is 0. The number of carbonyl (C=O) groups excluding carboxylic acids is 2. The van der Waals surface area contributed by atoms with Crippen LogP contribution in [0.5, 0.6) is 0 Å². The number of aliphatic carboxylic acids is 1. The number of hydrogen-bond donors (Lipinski definition) is 4. The molecule has 4 N–H and O–H groups in total. The highest BCUT2D eigenvalue weighted by Gasteiger charge is 2.32. The summed E-state index contributed by atoms with van der Waals surface area (Å²) in [6.07, 6.45) is 2.96. The molecular formula is C12H21N3O4. The standard InChI is InChI=1S/C12H21N3O4/c1-3-6-12(2,10(17)18)13-7-9(16)15-11(19)14-8-4-5-8/h8,13H,3-7H2,1-2H3,(H,17,18)(H2,14,15,16,19). The maximum absolute atomic E-state index is 11.5. The number of rotatable bonds is 7. The van der Waals surface area contributed by atoms with Gasteiger partial charge < -0.3 is 10.4 Å². The summed E-state index contributed by atoms with van der Waals surface area (Å²) in [7, 11) is 0. The maximum atomic E-state index is 11.5. The second-order valence-corrected chi connectivity index (χ2v) is 5.04. The van der Waals surface area contributed by atoms with E-state index in [9.17, 15) is 14.4 Å². The van der Waals surface area contributed by atoms with Crippen LogP contribution < -0.4 is 16.0 Å². The molecule has 0 aromatic rings. The molecule has 7 nitrogen and oxygen atoms in total. The van der Waals surface area contributed by atoms with Crippen LogP contribution >= 0.6 is 0 Å². The molecule has 0 aromatic heterocycles. The van der Waals surface area contributed by atoms with E-state index in [0.717, 1.165) is 12.8 Å². The topological polar surface area (TPSA) is 108 Å². The van der Waals surface area contributed by atoms with E-state index in [-0.39, 0.29) is 12.6 Å². The van der Waals surface area contributed by atoms with Gasteiger partial charge in [0.15, 0.2) is 0 Å². The Hall–Kier alpha value is -1.63. The molecule has 0 aromatic carbocycles. The van der Waals surface area contributed by atoms with Crippen molar-refractivity contribution in [2.75, 3.05) is 6.54 Å². The first-order chi connectivity index (χ1) is 8.87. The molecule has 0 bridgehead atoms. The lowest BCUT2D eigenvalue weighted by atomic mass is 9.96. The lowest BCUT2D eigenvalue weighted by Gasteiger charge is -2.25. The van der Waals surface area contributed by atoms with Crippen molar-refractivity contribution in [3.63, 3.8) is 0 Å². The maximum Gasteiger partial charge on any atom is 0.323 e. The summed E-state index contributed by atoms with van der Waals surface area (Å²) in [6.45, 7) is 3.18. The summed E-state index contributed by atoms with van der Waals surface area (Å²) in [5.41, 5.74) is -1.15. The van der Waals surface area contributed by atoms with Crippen molar-refractivity contribution in [1.29, 1.82) is 0 Å². The zero-order valence-electron chi connectivity index (χ0n) is 11.3. The molecular weight excluding hydrogens is 250 g/mol. The molecule has 1 fully saturated rings. The number of hydrogen-bond acceptors (Lipinski definition) is 4. The first-order valence-electron chi connectivity index (χ1n) is 6.46. The van der Waals surface area contributed by atoms with Gasteiger partial charge in [-0.15, -0.1) is 0 Å². The highest BCUT2D eigenvalue weighted by molar-refractivity contribution is 5.95. The lowest BCUT2D eigenvalue weighted by Crippen LogP contribution is -2.53. The molecule has 1 aliphatic rings. The van der Waals surface area contributed by atoms with Crippen molar-refractivity contribution in [2.24, 2.45) is 0 Å². The Morgan fingerprint density at radius 2 is 1.95 bits per heavy atom. The molecule has 1 unspecified atom stereocenters. The Morgan fingerprint density at radius 3 is 2.42 bits per heavy atom. The normalized spacial score (nSPS) is 17.4. The molecule has 1 saturated carbocycles. The van der Waals surface area contributed by atoms with Gasteiger partial charge in [-0.1, -0.05) is 13.3 Å². The number of carbonyl (C=O) groups is 3. The number of urea groups is 1. The molecule has 1 rings (SSSR count). The first-order valence-corrected chi connectivity index (χ1v) is 6.46. The average Bonchev–Trinajstić information content (AvgIpc) is 3.10. The first kappa shape index (κ1) is 15.4. The molecule has 0 aliphatic heterocycles. The Kier molecular flexibility index (Phi) is 5.29. The minimum atomic E-state index is -1.15. The minimum Gasteiger partial charge on any atom is -0.480 e. The molecule has 1 aliphatic carbocycles. The van der Waals surface area contributed by atoms with Crippen LogP contribution in [0.2, 0.25) is 0 Å². The largest absolute Gasteiger partial charge is 0.480 e. The third kappa shape index (κ3) is 5.25. The molecule has 3 amide bonds. The van der Waals surface area contributed by atoms with Gasteiger partial charge in [-0.25, -0.2) is 4.79 Å². The molecule has 0 heterocycles. The Bertz CT molecular complexity index is 368. The zero-order valence-corrected chi connectivity index (χ0v) is 11.3. The highest BCUT2D eigenvalue weighted by Crippen LogP contribution is 2.18. The predicted molar refractivity (Wildman–Crippen MR) is 68.6 cm³/mol. The third-order valence-corrected chi connectivity index (χ3v) is 3.03. The predicted octanol–water partition coefficient (Wildman–Crippen LogP) is 0.208. The number of carboxylic acids is 1. The van der Waals surface area contributed by atoms with Gasteiger partial charge in [-0.2, -0.15) is 0 Å². The molecule has 7 heteroatoms. The summed E-state index contributed by atoms with van der Waals surface area (Å²) in [6, 6.07) is -0.355. The van der Waals surface area contributed by atoms with E-state index in [1.54, 1.807) is 0 Å². The highest BCUT2D eigenvalue weighted by atomic mass is 16.4. The van der Waals surface area contributed by atoms with Crippen LogP contribution in [0.3, 0.4) is 0 Å². The van der Waals surface area contributed by atoms with Crippen LogP contribution in [0.4, 0.5) is 4.79 Å². The Balaban J connectivity index is 2.34. The van der Waals surface area contributed by atoms with E-state index in [4.69, 9.17) is 5.11 Å². The SMILES string of the molecule is CCCC(C)(NCC(=O)NC(=O)NC1CC1)C(=O)O. The van der Waals surface area contributed by atoms with E-state index in [1.807, 2.05) is 6.92 Å². The summed E-state index contributed by atoms with van der Waals surface area (Å²) in [5, 5.41) is 16.6. The van der Waals surface area contributed by atoms with Crippen LogP contribution in [0.1, 0.15) is 39.5 Å². The molecule has 0 saturated heterocycles. The van der Waals surface area contributed by atoms with Crippen LogP contribution in [0.15, 0.2) is 0 Å². The monoisotopic (exact) mass is 271 g/mol. The Morgan fingerprint density at radius 1 is 1.32 bits per heavy atom. The van der Waals surface area contributed by atoms with Crippen molar-refractivity contribution in [1.82, 2.24) is 16.0 Å². The second kappa shape index (κ2) is 6.51. The molecule has 1 atom stereocenters. The summed E-state index contributed by atoms with van der Waals surface area (Å²) >= 11 is 0. The minimum absolute atomic E-state index is 0.171. The van der Waals surface area contributed by atoms with Gasteiger partial charge in [0.25, 0.3) is 0 Å². The van der Waals surface area contributed by atoms with Gasteiger partial charge in [0.1, 0.15) is 5.54 Å². The van der Waals surface area contributed by atoms with Gasteiger partial charge >= 0.3 is 12.0 Å². The van der Waals surface area contributed by atoms with E-state index in [0.29, 0.717) is 12.8 Å². The fraction of sp³-hybridized carbons (Fsp3) is 0.750. The fourth-order valence-corrected chi connectivity index (χ4v) is 1.67. The van der Waals surface area contributed by atoms with Gasteiger partial charge in [0, 0.05) is 6.04 Å². The molecule has 19 heavy (non-hydrogen) atoms. The van der Waals surface area contributed by atoms with Crippen molar-refractivity contribution in [2.45, 2.75) is 51.1 Å². The van der Waals surface area contributed by atoms with Crippen molar-refractivity contribution >= 4 is 17.9 Å². The van der Waals surface area contributed by atoms with E-state index >= 15 is 0 Å². The number of nitrogens with one attached hydrogen (secondary N) is 3. The number of imide groups is 1. The van der Waals surface area contributed by atoms with Crippen LogP contribution in [-0.4, -0.2) is 41.1 Å². The van der Waals surface area contributed by atoms with Gasteiger partial charge in [-0.3, -0.25) is 20.2 Å². The number of carboxylic acid groups (broad SMARTS) is 1. The molecule has 0 radical (unpaired) electrons. The number of amides is 3.